The molecule has 12 nitrogen and oxygen atoms in total. The lowest BCUT2D eigenvalue weighted by Crippen LogP contribution is -2.20. The van der Waals surface area contributed by atoms with Crippen molar-refractivity contribution in [3.8, 4) is 23.1 Å². The maximum atomic E-state index is 13.6. The highest BCUT2D eigenvalue weighted by atomic mass is 32.2. The van der Waals surface area contributed by atoms with Gasteiger partial charge >= 0.3 is 12.4 Å². The molecule has 1 atom stereocenters. The Morgan fingerprint density at radius 2 is 1.27 bits per heavy atom. The Morgan fingerprint density at radius 3 is 1.77 bits per heavy atom. The number of sulfonamides is 2. The van der Waals surface area contributed by atoms with Crippen LogP contribution in [-0.4, -0.2) is 49.6 Å². The van der Waals surface area contributed by atoms with Crippen LogP contribution in [0.2, 0.25) is 0 Å². The van der Waals surface area contributed by atoms with E-state index in [1.807, 2.05) is 0 Å². The number of rotatable bonds is 9. The fourth-order valence-corrected chi connectivity index (χ4v) is 5.12. The molecule has 20 heteroatoms. The molecule has 0 fully saturated rings. The first-order chi connectivity index (χ1) is 20.2. The summed E-state index contributed by atoms with van der Waals surface area (Å²) in [4.78, 5) is -0.727. The summed E-state index contributed by atoms with van der Waals surface area (Å²) in [5.41, 5.74) is -2.74. The van der Waals surface area contributed by atoms with E-state index >= 15 is 0 Å². The van der Waals surface area contributed by atoms with E-state index < -0.39 is 60.7 Å². The second-order valence-corrected chi connectivity index (χ2v) is 12.4. The van der Waals surface area contributed by atoms with Crippen molar-refractivity contribution in [2.75, 3.05) is 7.11 Å². The number of primary sulfonamides is 2. The topological polar surface area (TPSA) is 174 Å². The van der Waals surface area contributed by atoms with Crippen LogP contribution in [0.15, 0.2) is 64.4 Å². The summed E-state index contributed by atoms with van der Waals surface area (Å²) in [5.74, 6) is -0.806. The molecule has 0 radical (unpaired) electrons. The molecule has 1 unspecified atom stereocenters. The van der Waals surface area contributed by atoms with Gasteiger partial charge in [0.2, 0.25) is 31.8 Å². The van der Waals surface area contributed by atoms with Crippen molar-refractivity contribution in [2.45, 2.75) is 41.6 Å². The van der Waals surface area contributed by atoms with Crippen LogP contribution in [0, 0.1) is 0 Å². The normalized spacial score (nSPS) is 13.6. The molecular weight excluding hydrogens is 646 g/mol. The molecule has 0 aliphatic heterocycles. The first kappa shape index (κ1) is 32.8. The van der Waals surface area contributed by atoms with Gasteiger partial charge in [0.05, 0.1) is 28.3 Å². The Morgan fingerprint density at radius 1 is 0.773 bits per heavy atom. The first-order valence-electron chi connectivity index (χ1n) is 12.0. The Balaban J connectivity index is 1.76. The third kappa shape index (κ3) is 7.14. The maximum absolute atomic E-state index is 13.6. The second-order valence-electron chi connectivity index (χ2n) is 9.27. The van der Waals surface area contributed by atoms with Gasteiger partial charge in [-0.2, -0.15) is 36.5 Å². The molecule has 4 N–H and O–H groups in total. The lowest BCUT2D eigenvalue weighted by atomic mass is 10.1. The third-order valence-electron chi connectivity index (χ3n) is 5.99. The third-order valence-corrected chi connectivity index (χ3v) is 7.83. The van der Waals surface area contributed by atoms with Gasteiger partial charge in [0, 0.05) is 18.6 Å². The molecular formula is C24H22F6N6O6S2. The zero-order valence-corrected chi connectivity index (χ0v) is 24.1. The van der Waals surface area contributed by atoms with E-state index in [1.54, 1.807) is 0 Å². The van der Waals surface area contributed by atoms with Crippen molar-refractivity contribution >= 4 is 20.0 Å². The van der Waals surface area contributed by atoms with Gasteiger partial charge in [-0.1, -0.05) is 0 Å². The molecule has 0 aliphatic carbocycles. The lowest BCUT2D eigenvalue weighted by Gasteiger charge is -2.19. The number of aromatic nitrogens is 4. The number of halogens is 6. The Hall–Kier alpha value is -4.14. The molecule has 0 saturated carbocycles. The van der Waals surface area contributed by atoms with Crippen LogP contribution in [0.1, 0.15) is 23.9 Å². The van der Waals surface area contributed by atoms with Crippen molar-refractivity contribution in [2.24, 2.45) is 10.3 Å². The summed E-state index contributed by atoms with van der Waals surface area (Å²) in [6.45, 7) is 1.39. The van der Waals surface area contributed by atoms with Crippen LogP contribution in [0.4, 0.5) is 26.3 Å². The average Bonchev–Trinajstić information content (AvgIpc) is 3.52. The van der Waals surface area contributed by atoms with Gasteiger partial charge < -0.3 is 9.47 Å². The predicted octanol–water partition coefficient (Wildman–Crippen LogP) is 3.41. The summed E-state index contributed by atoms with van der Waals surface area (Å²) >= 11 is 0. The number of benzene rings is 2. The summed E-state index contributed by atoms with van der Waals surface area (Å²) in [6, 6.07) is 8.80. The average molecular weight is 669 g/mol. The number of hydrogen-bond donors (Lipinski definition) is 2. The number of hydrogen-bond acceptors (Lipinski definition) is 8. The van der Waals surface area contributed by atoms with Gasteiger partial charge in [0.25, 0.3) is 0 Å². The molecule has 4 aromatic rings. The molecule has 0 saturated heterocycles. The van der Waals surface area contributed by atoms with Crippen molar-refractivity contribution in [1.82, 2.24) is 19.6 Å². The van der Waals surface area contributed by atoms with Crippen LogP contribution >= 0.6 is 0 Å². The van der Waals surface area contributed by atoms with Crippen LogP contribution < -0.4 is 19.8 Å². The minimum absolute atomic E-state index is 0.0266. The number of nitrogens with zero attached hydrogens (tertiary/aromatic N) is 4. The largest absolute Gasteiger partial charge is 0.481 e. The quantitative estimate of drug-likeness (QED) is 0.255. The van der Waals surface area contributed by atoms with Gasteiger partial charge in [-0.25, -0.2) is 36.5 Å². The van der Waals surface area contributed by atoms with Crippen LogP contribution in [0.3, 0.4) is 0 Å². The van der Waals surface area contributed by atoms with Crippen molar-refractivity contribution in [1.29, 1.82) is 0 Å². The Bertz CT molecular complexity index is 1900. The molecule has 2 heterocycles. The van der Waals surface area contributed by atoms with Crippen LogP contribution in [0.5, 0.6) is 11.8 Å². The summed E-state index contributed by atoms with van der Waals surface area (Å²) in [5, 5.41) is 17.3. The van der Waals surface area contributed by atoms with E-state index in [9.17, 15) is 43.2 Å². The minimum atomic E-state index is -4.91. The number of methoxy groups -OCH3 is 1. The summed E-state index contributed by atoms with van der Waals surface area (Å²) in [6.07, 6.45) is -11.1. The lowest BCUT2D eigenvalue weighted by molar-refractivity contribution is -0.142. The van der Waals surface area contributed by atoms with E-state index in [-0.39, 0.29) is 34.1 Å². The zero-order valence-electron chi connectivity index (χ0n) is 22.5. The summed E-state index contributed by atoms with van der Waals surface area (Å²) in [7, 11) is -7.31. The molecule has 44 heavy (non-hydrogen) atoms. The molecule has 238 valence electrons. The number of alkyl halides is 6. The van der Waals surface area contributed by atoms with Gasteiger partial charge in [-0.15, -0.1) is 0 Å². The SMILES string of the molecule is COc1cc(C(F)(F)F)nn1-c1ccc(S(N)(=O)=O)cc1CC(C)Oc1cc(C(F)(F)F)nn1-c1ccc(S(N)(=O)=O)cc1. The van der Waals surface area contributed by atoms with Crippen molar-refractivity contribution in [3.63, 3.8) is 0 Å². The highest BCUT2D eigenvalue weighted by Gasteiger charge is 2.37. The molecule has 0 aliphatic rings. The van der Waals surface area contributed by atoms with Crippen molar-refractivity contribution in [3.05, 3.63) is 71.5 Å². The molecule has 4 rings (SSSR count). The number of nitrogens with two attached hydrogens (primary N) is 2. The fourth-order valence-electron chi connectivity index (χ4n) is 4.04. The molecule has 2 aromatic heterocycles. The molecule has 2 aromatic carbocycles. The predicted molar refractivity (Wildman–Crippen MR) is 140 cm³/mol. The summed E-state index contributed by atoms with van der Waals surface area (Å²) < 4.78 is 140. The first-order valence-corrected chi connectivity index (χ1v) is 15.1. The zero-order chi connectivity index (χ0) is 32.8. The highest BCUT2D eigenvalue weighted by Crippen LogP contribution is 2.35. The minimum Gasteiger partial charge on any atom is -0.481 e. The highest BCUT2D eigenvalue weighted by molar-refractivity contribution is 7.89. The smallest absolute Gasteiger partial charge is 0.435 e. The molecule has 0 bridgehead atoms. The monoisotopic (exact) mass is 668 g/mol. The van der Waals surface area contributed by atoms with Crippen LogP contribution in [-0.2, 0) is 38.8 Å². The van der Waals surface area contributed by atoms with Crippen molar-refractivity contribution < 1.29 is 52.7 Å². The van der Waals surface area contributed by atoms with Gasteiger partial charge in [0.15, 0.2) is 11.4 Å². The van der Waals surface area contributed by atoms with Crippen LogP contribution in [0.25, 0.3) is 11.4 Å². The van der Waals surface area contributed by atoms with Gasteiger partial charge in [0.1, 0.15) is 6.10 Å². The Kier molecular flexibility index (Phi) is 8.50. The van der Waals surface area contributed by atoms with E-state index in [2.05, 4.69) is 10.2 Å². The molecule has 0 amide bonds. The van der Waals surface area contributed by atoms with E-state index in [4.69, 9.17) is 19.8 Å². The fraction of sp³-hybridized carbons (Fsp3) is 0.250. The van der Waals surface area contributed by atoms with E-state index in [1.165, 1.54) is 6.92 Å². The van der Waals surface area contributed by atoms with E-state index in [0.29, 0.717) is 12.1 Å². The molecule has 0 spiro atoms. The number of ether oxygens (including phenoxy) is 2. The standard InChI is InChI=1S/C24H22F6N6O6S2/c1-13(42-22-12-20(24(28,29)30)33-35(22)15-3-5-16(6-4-15)43(31,37)38)9-14-10-17(44(32,39)40)7-8-18(14)36-21(41-2)11-19(34-36)23(25,26)27/h3-8,10-13H,9H2,1-2H3,(H2,31,37,38)(H2,32,39,40). The Labute approximate surface area is 245 Å². The van der Waals surface area contributed by atoms with Gasteiger partial charge in [-0.05, 0) is 55.0 Å². The second kappa shape index (κ2) is 11.4. The van der Waals surface area contributed by atoms with E-state index in [0.717, 1.165) is 58.9 Å². The van der Waals surface area contributed by atoms with Gasteiger partial charge in [-0.3, -0.25) is 0 Å². The maximum Gasteiger partial charge on any atom is 0.435 e.